The van der Waals surface area contributed by atoms with Crippen LogP contribution in [0.15, 0.2) is 12.3 Å². The molecule has 5 heteroatoms. The highest BCUT2D eigenvalue weighted by atomic mass is 16.5. The minimum atomic E-state index is 0.157. The Hall–Kier alpha value is -0.910. The number of ether oxygens (including phenoxy) is 1. The number of aromatic nitrogens is 2. The normalized spacial score (nSPS) is 26.8. The Balaban J connectivity index is 1.38. The number of likely N-dealkylation sites (tertiary alicyclic amines) is 1. The molecule has 136 valence electrons. The molecule has 1 aromatic heterocycles. The van der Waals surface area contributed by atoms with Gasteiger partial charge in [-0.3, -0.25) is 4.68 Å². The summed E-state index contributed by atoms with van der Waals surface area (Å²) in [5, 5.41) is 13.5. The Bertz CT molecular complexity index is 483. The Kier molecular flexibility index (Phi) is 6.69. The van der Waals surface area contributed by atoms with E-state index >= 15 is 0 Å². The van der Waals surface area contributed by atoms with Gasteiger partial charge in [-0.1, -0.05) is 19.8 Å². The van der Waals surface area contributed by atoms with Crippen LogP contribution in [-0.2, 0) is 11.3 Å². The molecule has 0 spiro atoms. The summed E-state index contributed by atoms with van der Waals surface area (Å²) in [4.78, 5) is 2.54. The quantitative estimate of drug-likeness (QED) is 0.832. The number of rotatable bonds is 7. The van der Waals surface area contributed by atoms with Crippen molar-refractivity contribution in [2.24, 2.45) is 5.92 Å². The molecular weight excluding hydrogens is 302 g/mol. The lowest BCUT2D eigenvalue weighted by Crippen LogP contribution is -2.37. The van der Waals surface area contributed by atoms with Crippen molar-refractivity contribution < 1.29 is 9.84 Å². The second-order valence-corrected chi connectivity index (χ2v) is 7.49. The molecule has 0 bridgehead atoms. The van der Waals surface area contributed by atoms with Gasteiger partial charge < -0.3 is 14.7 Å². The minimum Gasteiger partial charge on any atom is -0.394 e. The zero-order chi connectivity index (χ0) is 16.8. The zero-order valence-corrected chi connectivity index (χ0v) is 15.1. The van der Waals surface area contributed by atoms with Crippen LogP contribution in [0.5, 0.6) is 0 Å². The molecule has 2 fully saturated rings. The van der Waals surface area contributed by atoms with Crippen LogP contribution in [-0.4, -0.2) is 58.7 Å². The summed E-state index contributed by atoms with van der Waals surface area (Å²) in [6.07, 6.45) is 9.99. The third-order valence-corrected chi connectivity index (χ3v) is 5.84. The van der Waals surface area contributed by atoms with Crippen molar-refractivity contribution in [3.63, 3.8) is 0 Å². The largest absolute Gasteiger partial charge is 0.394 e. The number of aliphatic hydroxyl groups excluding tert-OH is 1. The maximum atomic E-state index is 9.14. The van der Waals surface area contributed by atoms with E-state index in [1.165, 1.54) is 44.2 Å². The average Bonchev–Trinajstić information content (AvgIpc) is 3.06. The lowest BCUT2D eigenvalue weighted by molar-refractivity contribution is -0.0157. The molecule has 2 atom stereocenters. The molecular formula is C19H33N3O2. The third kappa shape index (κ3) is 4.58. The molecule has 0 aromatic carbocycles. The SMILES string of the molecule is C[C@@H]1CCCC[C@H]1OCCN1CCC(c2ccnn2CCO)CC1. The lowest BCUT2D eigenvalue weighted by Gasteiger charge is -2.33. The summed E-state index contributed by atoms with van der Waals surface area (Å²) >= 11 is 0. The van der Waals surface area contributed by atoms with Gasteiger partial charge in [0, 0.05) is 24.4 Å². The number of piperidine rings is 1. The van der Waals surface area contributed by atoms with Crippen molar-refractivity contribution >= 4 is 0 Å². The van der Waals surface area contributed by atoms with Crippen molar-refractivity contribution in [2.45, 2.75) is 64.0 Å². The first-order valence-electron chi connectivity index (χ1n) is 9.74. The Morgan fingerprint density at radius 1 is 1.17 bits per heavy atom. The number of nitrogens with zero attached hydrogens (tertiary/aromatic N) is 3. The first-order valence-corrected chi connectivity index (χ1v) is 9.74. The van der Waals surface area contributed by atoms with E-state index in [9.17, 15) is 0 Å². The van der Waals surface area contributed by atoms with Crippen molar-refractivity contribution in [1.29, 1.82) is 0 Å². The molecule has 2 aliphatic rings. The van der Waals surface area contributed by atoms with Gasteiger partial charge in [0.2, 0.25) is 0 Å². The van der Waals surface area contributed by atoms with E-state index in [-0.39, 0.29) is 6.61 Å². The van der Waals surface area contributed by atoms with Gasteiger partial charge in [-0.05, 0) is 50.8 Å². The molecule has 1 aliphatic carbocycles. The van der Waals surface area contributed by atoms with E-state index in [1.54, 1.807) is 0 Å². The molecule has 0 unspecified atom stereocenters. The second kappa shape index (κ2) is 8.97. The molecule has 1 saturated carbocycles. The van der Waals surface area contributed by atoms with E-state index in [4.69, 9.17) is 9.84 Å². The maximum Gasteiger partial charge on any atom is 0.0644 e. The monoisotopic (exact) mass is 335 g/mol. The summed E-state index contributed by atoms with van der Waals surface area (Å²) in [6, 6.07) is 2.11. The van der Waals surface area contributed by atoms with Gasteiger partial charge in [0.05, 0.1) is 25.9 Å². The highest BCUT2D eigenvalue weighted by Gasteiger charge is 2.24. The lowest BCUT2D eigenvalue weighted by atomic mass is 9.88. The van der Waals surface area contributed by atoms with Crippen LogP contribution >= 0.6 is 0 Å². The van der Waals surface area contributed by atoms with Gasteiger partial charge in [-0.25, -0.2) is 0 Å². The molecule has 1 saturated heterocycles. The van der Waals surface area contributed by atoms with E-state index in [1.807, 2.05) is 10.9 Å². The molecule has 1 aromatic rings. The fraction of sp³-hybridized carbons (Fsp3) is 0.842. The molecule has 3 rings (SSSR count). The maximum absolute atomic E-state index is 9.14. The highest BCUT2D eigenvalue weighted by Crippen LogP contribution is 2.28. The molecule has 5 nitrogen and oxygen atoms in total. The molecule has 0 radical (unpaired) electrons. The van der Waals surface area contributed by atoms with Gasteiger partial charge in [0.25, 0.3) is 0 Å². The van der Waals surface area contributed by atoms with Crippen LogP contribution in [0, 0.1) is 5.92 Å². The van der Waals surface area contributed by atoms with E-state index in [2.05, 4.69) is 23.0 Å². The molecule has 1 N–H and O–H groups in total. The first-order chi connectivity index (χ1) is 11.8. The van der Waals surface area contributed by atoms with Gasteiger partial charge >= 0.3 is 0 Å². The topological polar surface area (TPSA) is 50.5 Å². The van der Waals surface area contributed by atoms with E-state index in [0.29, 0.717) is 18.6 Å². The summed E-state index contributed by atoms with van der Waals surface area (Å²) in [7, 11) is 0. The number of hydrogen-bond acceptors (Lipinski definition) is 4. The molecule has 0 amide bonds. The van der Waals surface area contributed by atoms with Crippen LogP contribution < -0.4 is 0 Å². The second-order valence-electron chi connectivity index (χ2n) is 7.49. The van der Waals surface area contributed by atoms with Crippen LogP contribution in [0.4, 0.5) is 0 Å². The number of hydrogen-bond donors (Lipinski definition) is 1. The van der Waals surface area contributed by atoms with Crippen molar-refractivity contribution in [3.8, 4) is 0 Å². The van der Waals surface area contributed by atoms with Gasteiger partial charge in [-0.2, -0.15) is 5.10 Å². The van der Waals surface area contributed by atoms with Crippen molar-refractivity contribution in [1.82, 2.24) is 14.7 Å². The average molecular weight is 335 g/mol. The smallest absolute Gasteiger partial charge is 0.0644 e. The van der Waals surface area contributed by atoms with Crippen LogP contribution in [0.25, 0.3) is 0 Å². The van der Waals surface area contributed by atoms with Gasteiger partial charge in [0.15, 0.2) is 0 Å². The summed E-state index contributed by atoms with van der Waals surface area (Å²) < 4.78 is 8.13. The predicted octanol–water partition coefficient (Wildman–Crippen LogP) is 2.65. The summed E-state index contributed by atoms with van der Waals surface area (Å²) in [5.41, 5.74) is 1.29. The Morgan fingerprint density at radius 2 is 1.96 bits per heavy atom. The van der Waals surface area contributed by atoms with Crippen molar-refractivity contribution in [3.05, 3.63) is 18.0 Å². The Morgan fingerprint density at radius 3 is 2.71 bits per heavy atom. The predicted molar refractivity (Wildman–Crippen MR) is 95.1 cm³/mol. The number of aliphatic hydroxyl groups is 1. The third-order valence-electron chi connectivity index (χ3n) is 5.84. The fourth-order valence-corrected chi connectivity index (χ4v) is 4.29. The van der Waals surface area contributed by atoms with Crippen LogP contribution in [0.3, 0.4) is 0 Å². The fourth-order valence-electron chi connectivity index (χ4n) is 4.29. The summed E-state index contributed by atoms with van der Waals surface area (Å²) in [5.74, 6) is 1.31. The van der Waals surface area contributed by atoms with Crippen LogP contribution in [0.1, 0.15) is 57.1 Å². The molecule has 2 heterocycles. The van der Waals surface area contributed by atoms with Crippen molar-refractivity contribution in [2.75, 3.05) is 32.8 Å². The van der Waals surface area contributed by atoms with Gasteiger partial charge in [0.1, 0.15) is 0 Å². The molecule has 24 heavy (non-hydrogen) atoms. The van der Waals surface area contributed by atoms with Gasteiger partial charge in [-0.15, -0.1) is 0 Å². The first kappa shape index (κ1) is 17.9. The van der Waals surface area contributed by atoms with Crippen LogP contribution in [0.2, 0.25) is 0 Å². The standard InChI is InChI=1S/C19H33N3O2/c1-16-4-2-3-5-19(16)24-15-13-21-10-7-17(8-11-21)18-6-9-20-22(18)12-14-23/h6,9,16-17,19,23H,2-5,7-8,10-15H2,1H3/t16-,19-/m1/s1. The highest BCUT2D eigenvalue weighted by molar-refractivity contribution is 5.09. The summed E-state index contributed by atoms with van der Waals surface area (Å²) in [6.45, 7) is 7.32. The zero-order valence-electron chi connectivity index (χ0n) is 15.1. The Labute approximate surface area is 146 Å². The molecule has 1 aliphatic heterocycles. The van der Waals surface area contributed by atoms with E-state index in [0.717, 1.165) is 32.2 Å². The van der Waals surface area contributed by atoms with E-state index < -0.39 is 0 Å². The minimum absolute atomic E-state index is 0.157.